The van der Waals surface area contributed by atoms with Crippen molar-refractivity contribution in [2.45, 2.75) is 12.0 Å². The zero-order valence-electron chi connectivity index (χ0n) is 12.9. The number of hydrogen-bond donors (Lipinski definition) is 0. The van der Waals surface area contributed by atoms with Gasteiger partial charge in [0, 0.05) is 5.92 Å². The number of hydrogen-bond acceptors (Lipinski definition) is 3. The van der Waals surface area contributed by atoms with E-state index in [9.17, 15) is 4.79 Å². The monoisotopic (exact) mass is 306 g/mol. The molecule has 23 heavy (non-hydrogen) atoms. The van der Waals surface area contributed by atoms with Gasteiger partial charge in [-0.25, -0.2) is 4.79 Å². The molecule has 3 heteroatoms. The molecular weight excluding hydrogens is 288 g/mol. The fraction of sp³-hybridized carbons (Fsp3) is 0.150. The first-order chi connectivity index (χ1) is 11.2. The van der Waals surface area contributed by atoms with Gasteiger partial charge in [-0.2, -0.15) is 0 Å². The summed E-state index contributed by atoms with van der Waals surface area (Å²) in [5.41, 5.74) is 2.94. The van der Waals surface area contributed by atoms with E-state index in [1.54, 1.807) is 6.08 Å². The van der Waals surface area contributed by atoms with Crippen LogP contribution in [-0.2, 0) is 14.3 Å². The summed E-state index contributed by atoms with van der Waals surface area (Å²) in [7, 11) is 1.35. The molecule has 0 radical (unpaired) electrons. The predicted molar refractivity (Wildman–Crippen MR) is 88.7 cm³/mol. The molecule has 1 aliphatic rings. The quantitative estimate of drug-likeness (QED) is 0.631. The average molecular weight is 306 g/mol. The van der Waals surface area contributed by atoms with Gasteiger partial charge in [-0.05, 0) is 22.8 Å². The molecule has 0 fully saturated rings. The number of methoxy groups -OCH3 is 1. The Hall–Kier alpha value is -2.81. The second-order valence-corrected chi connectivity index (χ2v) is 5.39. The molecular formula is C20H18O3. The highest BCUT2D eigenvalue weighted by Gasteiger charge is 2.32. The van der Waals surface area contributed by atoms with Crippen LogP contribution in [0, 0.1) is 0 Å². The molecule has 0 saturated carbocycles. The number of benzene rings is 2. The van der Waals surface area contributed by atoms with Gasteiger partial charge in [0.1, 0.15) is 6.10 Å². The topological polar surface area (TPSA) is 35.5 Å². The Balaban J connectivity index is 2.04. The lowest BCUT2D eigenvalue weighted by Crippen LogP contribution is -2.22. The molecule has 3 rings (SSSR count). The second-order valence-electron chi connectivity index (χ2n) is 5.39. The van der Waals surface area contributed by atoms with Gasteiger partial charge < -0.3 is 9.47 Å². The Bertz CT molecular complexity index is 732. The van der Waals surface area contributed by atoms with E-state index >= 15 is 0 Å². The summed E-state index contributed by atoms with van der Waals surface area (Å²) in [5.74, 6) is -0.341. The highest BCUT2D eigenvalue weighted by molar-refractivity contribution is 5.87. The number of carbonyl (C=O) groups excluding carboxylic acids is 1. The van der Waals surface area contributed by atoms with Gasteiger partial charge >= 0.3 is 5.97 Å². The van der Waals surface area contributed by atoms with Crippen molar-refractivity contribution in [2.75, 3.05) is 7.11 Å². The molecule has 2 atom stereocenters. The predicted octanol–water partition coefficient (Wildman–Crippen LogP) is 4.15. The highest BCUT2D eigenvalue weighted by atomic mass is 16.6. The van der Waals surface area contributed by atoms with E-state index in [0.29, 0.717) is 0 Å². The molecule has 0 saturated heterocycles. The first-order valence-electron chi connectivity index (χ1n) is 7.46. The van der Waals surface area contributed by atoms with Crippen LogP contribution in [0.3, 0.4) is 0 Å². The Morgan fingerprint density at radius 3 is 2.13 bits per heavy atom. The third-order valence-electron chi connectivity index (χ3n) is 3.95. The molecule has 0 bridgehead atoms. The van der Waals surface area contributed by atoms with Gasteiger partial charge in [0.05, 0.1) is 7.11 Å². The number of esters is 1. The van der Waals surface area contributed by atoms with Crippen molar-refractivity contribution in [3.05, 3.63) is 95.8 Å². The molecule has 1 heterocycles. The summed E-state index contributed by atoms with van der Waals surface area (Å²) in [6.45, 7) is 4.23. The van der Waals surface area contributed by atoms with Gasteiger partial charge in [0.15, 0.2) is 0 Å². The standard InChI is InChI=1S/C20H18O3/c1-14-17(15-9-5-3-6-10-15)13-18(20(21)22-2)23-19(14)16-11-7-4-8-12-16/h3-13,17,19H,1H2,2H3/t17-,19-/m1/s1. The largest absolute Gasteiger partial charge is 0.474 e. The lowest BCUT2D eigenvalue weighted by atomic mass is 9.84. The average Bonchev–Trinajstić information content (AvgIpc) is 2.62. The van der Waals surface area contributed by atoms with Crippen LogP contribution in [0.2, 0.25) is 0 Å². The Kier molecular flexibility index (Phi) is 4.29. The van der Waals surface area contributed by atoms with E-state index in [-0.39, 0.29) is 17.8 Å². The van der Waals surface area contributed by atoms with Crippen molar-refractivity contribution in [2.24, 2.45) is 0 Å². The van der Waals surface area contributed by atoms with Crippen LogP contribution < -0.4 is 0 Å². The first-order valence-corrected chi connectivity index (χ1v) is 7.46. The van der Waals surface area contributed by atoms with Crippen LogP contribution in [0.25, 0.3) is 0 Å². The van der Waals surface area contributed by atoms with Crippen molar-refractivity contribution in [3.63, 3.8) is 0 Å². The summed E-state index contributed by atoms with van der Waals surface area (Å²) in [6, 6.07) is 19.7. The van der Waals surface area contributed by atoms with E-state index in [2.05, 4.69) is 6.58 Å². The lowest BCUT2D eigenvalue weighted by Gasteiger charge is -2.31. The third-order valence-corrected chi connectivity index (χ3v) is 3.95. The maximum atomic E-state index is 12.0. The zero-order chi connectivity index (χ0) is 16.2. The summed E-state index contributed by atoms with van der Waals surface area (Å²) in [4.78, 5) is 12.0. The zero-order valence-corrected chi connectivity index (χ0v) is 12.9. The smallest absolute Gasteiger partial charge is 0.373 e. The summed E-state index contributed by atoms with van der Waals surface area (Å²) in [5, 5.41) is 0. The van der Waals surface area contributed by atoms with Crippen molar-refractivity contribution in [1.82, 2.24) is 0 Å². The summed E-state index contributed by atoms with van der Waals surface area (Å²) < 4.78 is 10.7. The molecule has 0 aliphatic carbocycles. The number of rotatable bonds is 3. The molecule has 0 amide bonds. The van der Waals surface area contributed by atoms with Gasteiger partial charge in [0.2, 0.25) is 5.76 Å². The van der Waals surface area contributed by atoms with Crippen LogP contribution in [0.5, 0.6) is 0 Å². The Morgan fingerprint density at radius 2 is 1.57 bits per heavy atom. The minimum atomic E-state index is -0.473. The van der Waals surface area contributed by atoms with Crippen LogP contribution in [-0.4, -0.2) is 13.1 Å². The minimum Gasteiger partial charge on any atom is -0.474 e. The highest BCUT2D eigenvalue weighted by Crippen LogP contribution is 2.42. The second kappa shape index (κ2) is 6.53. The van der Waals surface area contributed by atoms with E-state index in [4.69, 9.17) is 9.47 Å². The van der Waals surface area contributed by atoms with E-state index in [1.165, 1.54) is 7.11 Å². The lowest BCUT2D eigenvalue weighted by molar-refractivity contribution is -0.141. The third kappa shape index (κ3) is 3.04. The molecule has 0 aromatic heterocycles. The van der Waals surface area contributed by atoms with E-state index in [0.717, 1.165) is 16.7 Å². The normalized spacial score (nSPS) is 20.4. The molecule has 0 spiro atoms. The van der Waals surface area contributed by atoms with Crippen molar-refractivity contribution >= 4 is 5.97 Å². The maximum Gasteiger partial charge on any atom is 0.373 e. The SMILES string of the molecule is C=C1[C@H](c2ccccc2)C=C(C(=O)OC)O[C@H]1c1ccccc1. The minimum absolute atomic E-state index is 0.0933. The van der Waals surface area contributed by atoms with Gasteiger partial charge in [0.25, 0.3) is 0 Å². The van der Waals surface area contributed by atoms with Crippen LogP contribution in [0.4, 0.5) is 0 Å². The van der Waals surface area contributed by atoms with E-state index < -0.39 is 5.97 Å². The van der Waals surface area contributed by atoms with Crippen LogP contribution in [0.1, 0.15) is 23.1 Å². The van der Waals surface area contributed by atoms with Gasteiger partial charge in [-0.15, -0.1) is 0 Å². The van der Waals surface area contributed by atoms with Gasteiger partial charge in [-0.3, -0.25) is 0 Å². The van der Waals surface area contributed by atoms with Crippen LogP contribution >= 0.6 is 0 Å². The first kappa shape index (κ1) is 15.1. The molecule has 116 valence electrons. The molecule has 0 unspecified atom stereocenters. The fourth-order valence-corrected chi connectivity index (χ4v) is 2.76. The molecule has 2 aromatic carbocycles. The van der Waals surface area contributed by atoms with Crippen molar-refractivity contribution in [3.8, 4) is 0 Å². The summed E-state index contributed by atoms with van der Waals surface area (Å²) >= 11 is 0. The fourth-order valence-electron chi connectivity index (χ4n) is 2.76. The Labute approximate surface area is 135 Å². The molecule has 3 nitrogen and oxygen atoms in total. The Morgan fingerprint density at radius 1 is 1.00 bits per heavy atom. The molecule has 0 N–H and O–H groups in total. The number of ether oxygens (including phenoxy) is 2. The maximum absolute atomic E-state index is 12.0. The van der Waals surface area contributed by atoms with Crippen molar-refractivity contribution in [1.29, 1.82) is 0 Å². The van der Waals surface area contributed by atoms with Crippen molar-refractivity contribution < 1.29 is 14.3 Å². The van der Waals surface area contributed by atoms with Crippen LogP contribution in [0.15, 0.2) is 84.7 Å². The number of allylic oxidation sites excluding steroid dienone is 1. The molecule has 2 aromatic rings. The van der Waals surface area contributed by atoms with E-state index in [1.807, 2.05) is 60.7 Å². The number of carbonyl (C=O) groups is 1. The summed E-state index contributed by atoms with van der Waals surface area (Å²) in [6.07, 6.45) is 1.41. The molecule has 1 aliphatic heterocycles. The van der Waals surface area contributed by atoms with Gasteiger partial charge in [-0.1, -0.05) is 67.2 Å².